The Morgan fingerprint density at radius 2 is 1.77 bits per heavy atom. The molecule has 0 spiro atoms. The first-order chi connectivity index (χ1) is 16.8. The summed E-state index contributed by atoms with van der Waals surface area (Å²) in [6.07, 6.45) is 1.61. The maximum absolute atomic E-state index is 13.1. The van der Waals surface area contributed by atoms with Crippen LogP contribution in [0.1, 0.15) is 31.0 Å². The molecule has 9 heteroatoms. The number of nitrogens with zero attached hydrogens (tertiary/aromatic N) is 3. The van der Waals surface area contributed by atoms with Gasteiger partial charge in [0.25, 0.3) is 17.4 Å². The van der Waals surface area contributed by atoms with Gasteiger partial charge in [0.15, 0.2) is 0 Å². The minimum Gasteiger partial charge on any atom is -0.507 e. The molecule has 0 radical (unpaired) electrons. The van der Waals surface area contributed by atoms with Gasteiger partial charge in [0, 0.05) is 30.8 Å². The molecule has 0 aliphatic carbocycles. The number of rotatable bonds is 11. The van der Waals surface area contributed by atoms with E-state index in [4.69, 9.17) is 4.74 Å². The van der Waals surface area contributed by atoms with Crippen LogP contribution < -0.4 is 4.74 Å². The summed E-state index contributed by atoms with van der Waals surface area (Å²) in [5.41, 5.74) is 0.693. The third-order valence-electron chi connectivity index (χ3n) is 6.01. The van der Waals surface area contributed by atoms with Gasteiger partial charge < -0.3 is 19.6 Å². The second-order valence-corrected chi connectivity index (χ2v) is 7.99. The molecule has 2 aromatic rings. The summed E-state index contributed by atoms with van der Waals surface area (Å²) in [5, 5.41) is 22.3. The smallest absolute Gasteiger partial charge is 0.295 e. The zero-order chi connectivity index (χ0) is 25.5. The third kappa shape index (κ3) is 5.58. The minimum atomic E-state index is -0.872. The summed E-state index contributed by atoms with van der Waals surface area (Å²) in [7, 11) is 0. The number of ether oxygens (including phenoxy) is 1. The van der Waals surface area contributed by atoms with Crippen LogP contribution in [0.15, 0.2) is 66.8 Å². The van der Waals surface area contributed by atoms with Crippen molar-refractivity contribution in [2.45, 2.75) is 19.9 Å². The molecule has 184 valence electrons. The van der Waals surface area contributed by atoms with Crippen molar-refractivity contribution in [3.05, 3.63) is 88.0 Å². The first kappa shape index (κ1) is 25.6. The summed E-state index contributed by atoms with van der Waals surface area (Å²) in [6.45, 7) is 10.3. The maximum Gasteiger partial charge on any atom is 0.295 e. The quantitative estimate of drug-likeness (QED) is 0.130. The monoisotopic (exact) mass is 479 g/mol. The Hall–Kier alpha value is -3.98. The number of amides is 1. The second kappa shape index (κ2) is 11.4. The van der Waals surface area contributed by atoms with Gasteiger partial charge in [-0.05, 0) is 55.1 Å². The van der Waals surface area contributed by atoms with Crippen molar-refractivity contribution < 1.29 is 24.4 Å². The number of benzene rings is 2. The van der Waals surface area contributed by atoms with Crippen LogP contribution in [0.4, 0.5) is 5.69 Å². The Kier molecular flexibility index (Phi) is 8.38. The van der Waals surface area contributed by atoms with Crippen LogP contribution in [0.5, 0.6) is 5.75 Å². The Morgan fingerprint density at radius 3 is 2.31 bits per heavy atom. The van der Waals surface area contributed by atoms with Gasteiger partial charge in [-0.15, -0.1) is 0 Å². The fourth-order valence-corrected chi connectivity index (χ4v) is 4.04. The summed E-state index contributed by atoms with van der Waals surface area (Å²) in [6, 6.07) is 11.3. The molecule has 0 aromatic heterocycles. The molecule has 1 amide bonds. The van der Waals surface area contributed by atoms with E-state index < -0.39 is 22.7 Å². The normalized spacial score (nSPS) is 17.1. The molecule has 2 aromatic carbocycles. The third-order valence-corrected chi connectivity index (χ3v) is 6.01. The molecule has 9 nitrogen and oxygen atoms in total. The molecule has 1 heterocycles. The predicted molar refractivity (Wildman–Crippen MR) is 132 cm³/mol. The van der Waals surface area contributed by atoms with Crippen LogP contribution in [-0.4, -0.2) is 64.3 Å². The van der Waals surface area contributed by atoms with E-state index in [1.165, 1.54) is 29.2 Å². The number of likely N-dealkylation sites (tertiary alicyclic amines) is 1. The molecule has 1 aliphatic rings. The number of hydrogen-bond acceptors (Lipinski definition) is 7. The first-order valence-electron chi connectivity index (χ1n) is 11.4. The number of hydrogen-bond donors (Lipinski definition) is 1. The van der Waals surface area contributed by atoms with E-state index in [2.05, 4.69) is 11.5 Å². The lowest BCUT2D eigenvalue weighted by Gasteiger charge is -2.28. The van der Waals surface area contributed by atoms with Crippen LogP contribution in [0, 0.1) is 10.1 Å². The molecule has 1 N–H and O–H groups in total. The lowest BCUT2D eigenvalue weighted by atomic mass is 9.95. The number of aliphatic hydroxyl groups is 1. The number of nitro groups is 1. The molecule has 0 saturated carbocycles. The number of Topliss-reactive ketones (excluding diaryl/α,β-unsaturated/α-hetero) is 1. The average molecular weight is 480 g/mol. The first-order valence-corrected chi connectivity index (χ1v) is 11.4. The molecule has 35 heavy (non-hydrogen) atoms. The highest BCUT2D eigenvalue weighted by Gasteiger charge is 2.46. The zero-order valence-electron chi connectivity index (χ0n) is 19.8. The highest BCUT2D eigenvalue weighted by atomic mass is 16.6. The largest absolute Gasteiger partial charge is 0.507 e. The van der Waals surface area contributed by atoms with Crippen LogP contribution in [0.3, 0.4) is 0 Å². The lowest BCUT2D eigenvalue weighted by Crippen LogP contribution is -2.38. The molecule has 1 atom stereocenters. The van der Waals surface area contributed by atoms with E-state index in [-0.39, 0.29) is 23.6 Å². The lowest BCUT2D eigenvalue weighted by molar-refractivity contribution is -0.384. The van der Waals surface area contributed by atoms with E-state index in [0.717, 1.165) is 13.1 Å². The summed E-state index contributed by atoms with van der Waals surface area (Å²) in [4.78, 5) is 40.3. The van der Waals surface area contributed by atoms with Gasteiger partial charge in [0.05, 0.1) is 16.5 Å². The highest BCUT2D eigenvalue weighted by Crippen LogP contribution is 2.39. The zero-order valence-corrected chi connectivity index (χ0v) is 19.8. The molecule has 1 aliphatic heterocycles. The summed E-state index contributed by atoms with van der Waals surface area (Å²) in [5.74, 6) is -1.26. The molecule has 1 saturated heterocycles. The summed E-state index contributed by atoms with van der Waals surface area (Å²) >= 11 is 0. The number of non-ortho nitro benzene ring substituents is 1. The summed E-state index contributed by atoms with van der Waals surface area (Å²) < 4.78 is 5.46. The van der Waals surface area contributed by atoms with Gasteiger partial charge in [-0.25, -0.2) is 0 Å². The van der Waals surface area contributed by atoms with Gasteiger partial charge in [0.2, 0.25) is 0 Å². The molecule has 1 fully saturated rings. The fourth-order valence-electron chi connectivity index (χ4n) is 4.04. The molecular formula is C26H29N3O6. The van der Waals surface area contributed by atoms with Crippen molar-refractivity contribution in [1.29, 1.82) is 0 Å². The van der Waals surface area contributed by atoms with Gasteiger partial charge in [-0.1, -0.05) is 26.5 Å². The maximum atomic E-state index is 13.1. The second-order valence-electron chi connectivity index (χ2n) is 7.99. The van der Waals surface area contributed by atoms with Crippen molar-refractivity contribution in [3.8, 4) is 5.75 Å². The average Bonchev–Trinajstić information content (AvgIpc) is 3.13. The van der Waals surface area contributed by atoms with Gasteiger partial charge in [0.1, 0.15) is 18.1 Å². The van der Waals surface area contributed by atoms with Crippen molar-refractivity contribution >= 4 is 23.1 Å². The van der Waals surface area contributed by atoms with Crippen LogP contribution >= 0.6 is 0 Å². The minimum absolute atomic E-state index is 0.0526. The van der Waals surface area contributed by atoms with Crippen LogP contribution in [0.2, 0.25) is 0 Å². The van der Waals surface area contributed by atoms with Crippen molar-refractivity contribution in [2.24, 2.45) is 0 Å². The Labute approximate surface area is 204 Å². The van der Waals surface area contributed by atoms with Crippen LogP contribution in [-0.2, 0) is 9.59 Å². The number of ketones is 1. The van der Waals surface area contributed by atoms with Crippen molar-refractivity contribution in [3.63, 3.8) is 0 Å². The van der Waals surface area contributed by atoms with Gasteiger partial charge in [-0.3, -0.25) is 19.7 Å². The number of carbonyl (C=O) groups is 2. The van der Waals surface area contributed by atoms with E-state index >= 15 is 0 Å². The predicted octanol–water partition coefficient (Wildman–Crippen LogP) is 3.92. The number of likely N-dealkylation sites (N-methyl/N-ethyl adjacent to an activating group) is 1. The van der Waals surface area contributed by atoms with E-state index in [1.807, 2.05) is 13.8 Å². The van der Waals surface area contributed by atoms with Crippen molar-refractivity contribution in [2.75, 3.05) is 32.8 Å². The number of nitro benzene ring substituents is 1. The Balaban J connectivity index is 2.05. The highest BCUT2D eigenvalue weighted by molar-refractivity contribution is 6.46. The molecule has 3 rings (SSSR count). The molecule has 1 unspecified atom stereocenters. The van der Waals surface area contributed by atoms with Crippen molar-refractivity contribution in [1.82, 2.24) is 9.80 Å². The standard InChI is InChI=1S/C26H29N3O6/c1-4-17-35-21-13-9-19(10-14-21)24(30)22-23(18-7-11-20(12-8-18)29(33)34)28(26(32)25(22)31)16-15-27(5-2)6-3/h4,7-14,23,30H,1,5-6,15-17H2,2-3H3. The Bertz CT molecular complexity index is 1120. The van der Waals surface area contributed by atoms with Gasteiger partial charge >= 0.3 is 0 Å². The number of aliphatic hydroxyl groups excluding tert-OH is 1. The van der Waals surface area contributed by atoms with E-state index in [0.29, 0.717) is 30.0 Å². The topological polar surface area (TPSA) is 113 Å². The SMILES string of the molecule is C=CCOc1ccc(C(O)=C2C(=O)C(=O)N(CCN(CC)CC)C2c2ccc([N+](=O)[O-])cc2)cc1. The fraction of sp³-hybridized carbons (Fsp3) is 0.308. The molecular weight excluding hydrogens is 450 g/mol. The van der Waals surface area contributed by atoms with E-state index in [1.54, 1.807) is 30.3 Å². The van der Waals surface area contributed by atoms with Crippen LogP contribution in [0.25, 0.3) is 5.76 Å². The molecule has 0 bridgehead atoms. The Morgan fingerprint density at radius 1 is 1.14 bits per heavy atom. The van der Waals surface area contributed by atoms with E-state index in [9.17, 15) is 24.8 Å². The number of carbonyl (C=O) groups excluding carboxylic acids is 2. The van der Waals surface area contributed by atoms with Gasteiger partial charge in [-0.2, -0.15) is 0 Å².